The van der Waals surface area contributed by atoms with Crippen LogP contribution in [0.15, 0.2) is 0 Å². The van der Waals surface area contributed by atoms with E-state index in [1.165, 1.54) is 11.3 Å². The number of aryl methyl sites for hydroxylation is 1. The van der Waals surface area contributed by atoms with E-state index >= 15 is 0 Å². The second-order valence-electron chi connectivity index (χ2n) is 4.50. The van der Waals surface area contributed by atoms with Gasteiger partial charge in [-0.1, -0.05) is 6.92 Å². The molecule has 4 nitrogen and oxygen atoms in total. The lowest BCUT2D eigenvalue weighted by Crippen LogP contribution is -2.31. The van der Waals surface area contributed by atoms with Crippen molar-refractivity contribution in [1.82, 2.24) is 4.98 Å². The van der Waals surface area contributed by atoms with Crippen LogP contribution >= 0.6 is 11.3 Å². The third-order valence-electron chi connectivity index (χ3n) is 3.00. The summed E-state index contributed by atoms with van der Waals surface area (Å²) in [6, 6.07) is 0. The Hall–Kier alpha value is -0.460. The van der Waals surface area contributed by atoms with Crippen LogP contribution in [0.25, 0.3) is 0 Å². The smallest absolute Gasteiger partial charge is 0.155 e. The fourth-order valence-electron chi connectivity index (χ4n) is 1.61. The number of rotatable bonds is 2. The van der Waals surface area contributed by atoms with Crippen LogP contribution in [0.4, 0.5) is 0 Å². The Balaban J connectivity index is 2.39. The van der Waals surface area contributed by atoms with Crippen LogP contribution in [-0.4, -0.2) is 19.2 Å². The zero-order valence-electron chi connectivity index (χ0n) is 9.49. The number of nitrogens with two attached hydrogens (primary N) is 1. The van der Waals surface area contributed by atoms with E-state index in [1.54, 1.807) is 0 Å². The number of hydrogen-bond acceptors (Lipinski definition) is 5. The molecule has 1 aliphatic rings. The summed E-state index contributed by atoms with van der Waals surface area (Å²) in [6.45, 7) is 3.95. The molecule has 2 N–H and O–H groups in total. The van der Waals surface area contributed by atoms with Crippen molar-refractivity contribution in [2.45, 2.75) is 38.0 Å². The Morgan fingerprint density at radius 2 is 2.25 bits per heavy atom. The number of nitrogens with zero attached hydrogens (tertiary/aromatic N) is 1. The molecule has 1 unspecified atom stereocenters. The average Bonchev–Trinajstić information content (AvgIpc) is 2.59. The zero-order valence-corrected chi connectivity index (χ0v) is 11.1. The molecule has 1 aromatic rings. The first kappa shape index (κ1) is 12.0. The van der Waals surface area contributed by atoms with Gasteiger partial charge in [-0.3, -0.25) is 0 Å². The lowest BCUT2D eigenvalue weighted by Gasteiger charge is -2.18. The standard InChI is InChI=1S/C10H16N2O2S2/c1-3-10(2,11)9-12-7-4-5-16(13,14)6-8(7)15-9/h3-6,11H2,1-2H3. The minimum absolute atomic E-state index is 0.139. The van der Waals surface area contributed by atoms with Gasteiger partial charge >= 0.3 is 0 Å². The number of thiazole rings is 1. The first-order valence-corrected chi connectivity index (χ1v) is 7.96. The van der Waals surface area contributed by atoms with Gasteiger partial charge in [-0.15, -0.1) is 11.3 Å². The predicted molar refractivity (Wildman–Crippen MR) is 65.1 cm³/mol. The minimum Gasteiger partial charge on any atom is -0.320 e. The molecule has 2 heterocycles. The van der Waals surface area contributed by atoms with Gasteiger partial charge in [-0.2, -0.15) is 0 Å². The van der Waals surface area contributed by atoms with Crippen LogP contribution in [0.2, 0.25) is 0 Å². The summed E-state index contributed by atoms with van der Waals surface area (Å²) in [5.41, 5.74) is 6.61. The van der Waals surface area contributed by atoms with Gasteiger partial charge in [0.25, 0.3) is 0 Å². The number of aromatic nitrogens is 1. The topological polar surface area (TPSA) is 73.0 Å². The van der Waals surface area contributed by atoms with E-state index in [0.717, 1.165) is 22.0 Å². The van der Waals surface area contributed by atoms with Crippen LogP contribution in [-0.2, 0) is 27.5 Å². The van der Waals surface area contributed by atoms with Gasteiger partial charge in [0.2, 0.25) is 0 Å². The maximum Gasteiger partial charge on any atom is 0.155 e. The van der Waals surface area contributed by atoms with Crippen molar-refractivity contribution in [2.24, 2.45) is 5.73 Å². The van der Waals surface area contributed by atoms with E-state index in [2.05, 4.69) is 4.98 Å². The molecule has 0 saturated carbocycles. The molecule has 90 valence electrons. The maximum atomic E-state index is 11.5. The lowest BCUT2D eigenvalue weighted by atomic mass is 10.0. The number of fused-ring (bicyclic) bond motifs is 1. The van der Waals surface area contributed by atoms with Gasteiger partial charge in [0.15, 0.2) is 9.84 Å². The molecule has 6 heteroatoms. The first-order chi connectivity index (χ1) is 7.34. The van der Waals surface area contributed by atoms with E-state index in [-0.39, 0.29) is 11.5 Å². The van der Waals surface area contributed by atoms with Crippen LogP contribution in [0.1, 0.15) is 35.8 Å². The minimum atomic E-state index is -2.91. The molecule has 16 heavy (non-hydrogen) atoms. The second-order valence-corrected chi connectivity index (χ2v) is 7.77. The summed E-state index contributed by atoms with van der Waals surface area (Å²) in [5.74, 6) is 0.358. The van der Waals surface area contributed by atoms with E-state index in [1.807, 2.05) is 13.8 Å². The summed E-state index contributed by atoms with van der Waals surface area (Å²) in [7, 11) is -2.91. The summed E-state index contributed by atoms with van der Waals surface area (Å²) >= 11 is 1.45. The van der Waals surface area contributed by atoms with Crippen molar-refractivity contribution in [3.63, 3.8) is 0 Å². The Bertz CT molecular complexity index is 503. The van der Waals surface area contributed by atoms with Crippen LogP contribution in [0.5, 0.6) is 0 Å². The quantitative estimate of drug-likeness (QED) is 0.867. The molecule has 0 aliphatic carbocycles. The second kappa shape index (κ2) is 3.78. The molecule has 1 aromatic heterocycles. The van der Waals surface area contributed by atoms with Gasteiger partial charge in [0.05, 0.1) is 22.7 Å². The Morgan fingerprint density at radius 3 is 2.88 bits per heavy atom. The summed E-state index contributed by atoms with van der Waals surface area (Å²) in [4.78, 5) is 5.37. The fourth-order valence-corrected chi connectivity index (χ4v) is 4.63. The van der Waals surface area contributed by atoms with Crippen LogP contribution < -0.4 is 5.73 Å². The van der Waals surface area contributed by atoms with E-state index in [9.17, 15) is 8.42 Å². The molecule has 1 atom stereocenters. The van der Waals surface area contributed by atoms with Crippen molar-refractivity contribution in [3.05, 3.63) is 15.6 Å². The molecule has 0 radical (unpaired) electrons. The van der Waals surface area contributed by atoms with Gasteiger partial charge in [-0.05, 0) is 13.3 Å². The van der Waals surface area contributed by atoms with E-state index in [0.29, 0.717) is 6.42 Å². The van der Waals surface area contributed by atoms with Gasteiger partial charge in [-0.25, -0.2) is 13.4 Å². The summed E-state index contributed by atoms with van der Waals surface area (Å²) < 4.78 is 23.0. The first-order valence-electron chi connectivity index (χ1n) is 5.32. The molecule has 0 saturated heterocycles. The van der Waals surface area contributed by atoms with Gasteiger partial charge < -0.3 is 5.73 Å². The van der Waals surface area contributed by atoms with Crippen molar-refractivity contribution in [1.29, 1.82) is 0 Å². The normalized spacial score (nSPS) is 22.4. The van der Waals surface area contributed by atoms with Gasteiger partial charge in [0, 0.05) is 11.3 Å². The van der Waals surface area contributed by atoms with Crippen molar-refractivity contribution >= 4 is 21.2 Å². The molecule has 1 aliphatic heterocycles. The van der Waals surface area contributed by atoms with Gasteiger partial charge in [0.1, 0.15) is 5.01 Å². The van der Waals surface area contributed by atoms with Crippen LogP contribution in [0, 0.1) is 0 Å². The highest BCUT2D eigenvalue weighted by molar-refractivity contribution is 7.90. The molecule has 0 bridgehead atoms. The maximum absolute atomic E-state index is 11.5. The molecular weight excluding hydrogens is 244 g/mol. The highest BCUT2D eigenvalue weighted by Gasteiger charge is 2.29. The van der Waals surface area contributed by atoms with Crippen LogP contribution in [0.3, 0.4) is 0 Å². The highest BCUT2D eigenvalue weighted by Crippen LogP contribution is 2.32. The number of hydrogen-bond donors (Lipinski definition) is 1. The van der Waals surface area contributed by atoms with E-state index in [4.69, 9.17) is 5.73 Å². The van der Waals surface area contributed by atoms with Crippen molar-refractivity contribution < 1.29 is 8.42 Å². The fraction of sp³-hybridized carbons (Fsp3) is 0.700. The molecule has 0 fully saturated rings. The Labute approximate surface area is 99.8 Å². The monoisotopic (exact) mass is 260 g/mol. The molecule has 0 spiro atoms. The largest absolute Gasteiger partial charge is 0.320 e. The SMILES string of the molecule is CCC(C)(N)c1nc2c(s1)CS(=O)(=O)CC2. The van der Waals surface area contributed by atoms with E-state index < -0.39 is 15.4 Å². The summed E-state index contributed by atoms with van der Waals surface area (Å²) in [5, 5.41) is 0.858. The number of sulfone groups is 1. The van der Waals surface area contributed by atoms with Crippen molar-refractivity contribution in [3.8, 4) is 0 Å². The summed E-state index contributed by atoms with van der Waals surface area (Å²) in [6.07, 6.45) is 1.33. The predicted octanol–water partition coefficient (Wildman–Crippen LogP) is 1.20. The highest BCUT2D eigenvalue weighted by atomic mass is 32.2. The lowest BCUT2D eigenvalue weighted by molar-refractivity contribution is 0.472. The zero-order chi connectivity index (χ0) is 12.0. The molecule has 2 rings (SSSR count). The molecular formula is C10H16N2O2S2. The molecule has 0 aromatic carbocycles. The van der Waals surface area contributed by atoms with Crippen molar-refractivity contribution in [2.75, 3.05) is 5.75 Å². The molecule has 0 amide bonds. The average molecular weight is 260 g/mol. The third-order valence-corrected chi connectivity index (χ3v) is 6.12. The third kappa shape index (κ3) is 2.14. The Kier molecular flexibility index (Phi) is 2.84. The Morgan fingerprint density at radius 1 is 1.56 bits per heavy atom.